The molecule has 96 valence electrons. The molecule has 0 aliphatic heterocycles. The van der Waals surface area contributed by atoms with Gasteiger partial charge in [-0.05, 0) is 30.4 Å². The first-order valence-electron chi connectivity index (χ1n) is 5.81. The van der Waals surface area contributed by atoms with E-state index in [0.717, 1.165) is 6.42 Å². The number of nitrogens with one attached hydrogen (secondary N) is 1. The van der Waals surface area contributed by atoms with Gasteiger partial charge in [0.15, 0.2) is 0 Å². The van der Waals surface area contributed by atoms with Gasteiger partial charge >= 0.3 is 0 Å². The molecule has 1 fully saturated rings. The maximum Gasteiger partial charge on any atom is 0.282 e. The molecule has 1 aromatic carbocycles. The van der Waals surface area contributed by atoms with Gasteiger partial charge in [-0.25, -0.2) is 0 Å². The Hall–Kier alpha value is -2.11. The quantitative estimate of drug-likeness (QED) is 0.480. The zero-order valence-electron chi connectivity index (χ0n) is 10.1. The number of nitro groups is 1. The molecule has 1 aromatic rings. The van der Waals surface area contributed by atoms with E-state index in [1.54, 1.807) is 0 Å². The van der Waals surface area contributed by atoms with Gasteiger partial charge in [0.25, 0.3) is 11.6 Å². The zero-order valence-corrected chi connectivity index (χ0v) is 10.1. The van der Waals surface area contributed by atoms with E-state index in [2.05, 4.69) is 12.2 Å². The fraction of sp³-hybridized carbons (Fsp3) is 0.417. The smallest absolute Gasteiger partial charge is 0.282 e. The molecule has 2 rings (SSSR count). The minimum absolute atomic E-state index is 0.0216. The van der Waals surface area contributed by atoms with Gasteiger partial charge in [-0.2, -0.15) is 0 Å². The van der Waals surface area contributed by atoms with E-state index in [1.807, 2.05) is 0 Å². The van der Waals surface area contributed by atoms with Gasteiger partial charge in [-0.3, -0.25) is 14.9 Å². The Bertz CT molecular complexity index is 501. The predicted molar refractivity (Wildman–Crippen MR) is 67.1 cm³/mol. The fourth-order valence-corrected chi connectivity index (χ4v) is 1.90. The average molecular weight is 249 g/mol. The highest BCUT2D eigenvalue weighted by Gasteiger charge is 2.33. The van der Waals surface area contributed by atoms with Crippen LogP contribution in [-0.4, -0.2) is 17.4 Å². The molecule has 6 nitrogen and oxygen atoms in total. The summed E-state index contributed by atoms with van der Waals surface area (Å²) in [4.78, 5) is 22.1. The summed E-state index contributed by atoms with van der Waals surface area (Å²) in [7, 11) is 0. The van der Waals surface area contributed by atoms with E-state index in [4.69, 9.17) is 5.73 Å². The summed E-state index contributed by atoms with van der Waals surface area (Å²) < 4.78 is 0. The van der Waals surface area contributed by atoms with E-state index in [0.29, 0.717) is 24.1 Å². The molecule has 1 aliphatic carbocycles. The van der Waals surface area contributed by atoms with E-state index in [9.17, 15) is 14.9 Å². The number of rotatable bonds is 4. The molecule has 18 heavy (non-hydrogen) atoms. The number of nitrogen functional groups attached to an aromatic ring is 1. The van der Waals surface area contributed by atoms with E-state index in [-0.39, 0.29) is 11.3 Å². The van der Waals surface area contributed by atoms with Crippen LogP contribution in [0.15, 0.2) is 18.2 Å². The third-order valence-electron chi connectivity index (χ3n) is 3.26. The van der Waals surface area contributed by atoms with E-state index >= 15 is 0 Å². The van der Waals surface area contributed by atoms with Crippen LogP contribution in [0.5, 0.6) is 0 Å². The summed E-state index contributed by atoms with van der Waals surface area (Å²) in [5.74, 6) is 0.684. The van der Waals surface area contributed by atoms with Crippen LogP contribution < -0.4 is 11.1 Å². The number of nitro benzene ring substituents is 1. The van der Waals surface area contributed by atoms with Crippen molar-refractivity contribution in [3.8, 4) is 0 Å². The van der Waals surface area contributed by atoms with Crippen LogP contribution in [0.4, 0.5) is 11.4 Å². The largest absolute Gasteiger partial charge is 0.399 e. The van der Waals surface area contributed by atoms with Crippen molar-refractivity contribution in [1.82, 2.24) is 5.32 Å². The Kier molecular flexibility index (Phi) is 3.18. The number of hydrogen-bond acceptors (Lipinski definition) is 4. The van der Waals surface area contributed by atoms with Gasteiger partial charge in [0.05, 0.1) is 4.92 Å². The molecule has 2 atom stereocenters. The molecule has 0 spiro atoms. The van der Waals surface area contributed by atoms with Crippen LogP contribution in [0.3, 0.4) is 0 Å². The van der Waals surface area contributed by atoms with Gasteiger partial charge in [0.1, 0.15) is 5.56 Å². The summed E-state index contributed by atoms with van der Waals surface area (Å²) in [6.45, 7) is 2.67. The molecule has 1 aliphatic rings. The predicted octanol–water partition coefficient (Wildman–Crippen LogP) is 1.56. The molecule has 1 saturated carbocycles. The molecular formula is C12H15N3O3. The van der Waals surface area contributed by atoms with Crippen LogP contribution in [0.25, 0.3) is 0 Å². The zero-order chi connectivity index (χ0) is 13.3. The number of amides is 1. The second-order valence-electron chi connectivity index (χ2n) is 4.72. The van der Waals surface area contributed by atoms with Crippen molar-refractivity contribution in [2.24, 2.45) is 11.8 Å². The Morgan fingerprint density at radius 3 is 2.83 bits per heavy atom. The summed E-state index contributed by atoms with van der Waals surface area (Å²) >= 11 is 0. The number of anilines is 1. The first-order chi connectivity index (χ1) is 8.49. The summed E-state index contributed by atoms with van der Waals surface area (Å²) in [6, 6.07) is 4.01. The molecule has 0 radical (unpaired) electrons. The number of benzene rings is 1. The molecule has 6 heteroatoms. The monoisotopic (exact) mass is 249 g/mol. The lowest BCUT2D eigenvalue weighted by molar-refractivity contribution is -0.385. The van der Waals surface area contributed by atoms with Crippen LogP contribution in [0.2, 0.25) is 0 Å². The second-order valence-corrected chi connectivity index (χ2v) is 4.72. The third-order valence-corrected chi connectivity index (χ3v) is 3.26. The number of hydrogen-bond donors (Lipinski definition) is 2. The normalized spacial score (nSPS) is 21.4. The Labute approximate surface area is 104 Å². The lowest BCUT2D eigenvalue weighted by Crippen LogP contribution is -2.26. The van der Waals surface area contributed by atoms with Gasteiger partial charge < -0.3 is 11.1 Å². The van der Waals surface area contributed by atoms with E-state index in [1.165, 1.54) is 18.2 Å². The van der Waals surface area contributed by atoms with Crippen LogP contribution >= 0.6 is 0 Å². The fourth-order valence-electron chi connectivity index (χ4n) is 1.90. The van der Waals surface area contributed by atoms with Crippen molar-refractivity contribution < 1.29 is 9.72 Å². The second kappa shape index (κ2) is 4.64. The van der Waals surface area contributed by atoms with Gasteiger partial charge in [0.2, 0.25) is 0 Å². The Balaban J connectivity index is 2.12. The molecule has 1 amide bonds. The summed E-state index contributed by atoms with van der Waals surface area (Å²) in [5, 5.41) is 13.5. The first-order valence-corrected chi connectivity index (χ1v) is 5.81. The number of carbonyl (C=O) groups is 1. The number of carbonyl (C=O) groups excluding carboxylic acids is 1. The molecular weight excluding hydrogens is 234 g/mol. The number of nitrogens with zero attached hydrogens (tertiary/aromatic N) is 1. The molecule has 0 heterocycles. The van der Waals surface area contributed by atoms with Gasteiger partial charge in [-0.15, -0.1) is 0 Å². The molecule has 0 aromatic heterocycles. The SMILES string of the molecule is CC1CC1CNC(=O)c1cc(N)ccc1[N+](=O)[O-]. The minimum Gasteiger partial charge on any atom is -0.399 e. The van der Waals surface area contributed by atoms with E-state index < -0.39 is 10.8 Å². The van der Waals surface area contributed by atoms with Crippen molar-refractivity contribution in [3.05, 3.63) is 33.9 Å². The van der Waals surface area contributed by atoms with Gasteiger partial charge in [-0.1, -0.05) is 6.92 Å². The summed E-state index contributed by atoms with van der Waals surface area (Å²) in [6.07, 6.45) is 1.10. The number of nitrogens with two attached hydrogens (primary N) is 1. The van der Waals surface area contributed by atoms with Crippen molar-refractivity contribution in [1.29, 1.82) is 0 Å². The lowest BCUT2D eigenvalue weighted by atomic mass is 10.1. The molecule has 0 bridgehead atoms. The standard InChI is InChI=1S/C12H15N3O3/c1-7-4-8(7)6-14-12(16)10-5-9(13)2-3-11(10)15(17)18/h2-3,5,7-8H,4,6,13H2,1H3,(H,14,16). The first kappa shape index (κ1) is 12.3. The van der Waals surface area contributed by atoms with Crippen molar-refractivity contribution in [3.63, 3.8) is 0 Å². The average Bonchev–Trinajstić information content (AvgIpc) is 3.01. The Morgan fingerprint density at radius 1 is 1.61 bits per heavy atom. The van der Waals surface area contributed by atoms with Crippen LogP contribution in [0.1, 0.15) is 23.7 Å². The maximum atomic E-state index is 11.9. The Morgan fingerprint density at radius 2 is 2.28 bits per heavy atom. The van der Waals surface area contributed by atoms with Crippen LogP contribution in [-0.2, 0) is 0 Å². The van der Waals surface area contributed by atoms with Crippen molar-refractivity contribution in [2.45, 2.75) is 13.3 Å². The highest BCUT2D eigenvalue weighted by atomic mass is 16.6. The van der Waals surface area contributed by atoms with Gasteiger partial charge in [0, 0.05) is 18.3 Å². The summed E-state index contributed by atoms with van der Waals surface area (Å²) in [5.41, 5.74) is 5.70. The minimum atomic E-state index is -0.575. The molecule has 3 N–H and O–H groups in total. The topological polar surface area (TPSA) is 98.3 Å². The highest BCUT2D eigenvalue weighted by molar-refractivity contribution is 5.99. The molecule has 2 unspecified atom stereocenters. The third kappa shape index (κ3) is 2.58. The maximum absolute atomic E-state index is 11.9. The highest BCUT2D eigenvalue weighted by Crippen LogP contribution is 2.36. The lowest BCUT2D eigenvalue weighted by Gasteiger charge is -2.06. The van der Waals surface area contributed by atoms with Crippen LogP contribution in [0, 0.1) is 22.0 Å². The molecule has 0 saturated heterocycles. The van der Waals surface area contributed by atoms with Crippen molar-refractivity contribution >= 4 is 17.3 Å². The van der Waals surface area contributed by atoms with Crippen molar-refractivity contribution in [2.75, 3.05) is 12.3 Å².